The van der Waals surface area contributed by atoms with Gasteiger partial charge in [-0.25, -0.2) is 0 Å². The molecule has 0 aliphatic carbocycles. The van der Waals surface area contributed by atoms with Crippen LogP contribution in [0.3, 0.4) is 0 Å². The number of nitrogens with zero attached hydrogens (tertiary/aromatic N) is 1. The number of benzene rings is 1. The highest BCUT2D eigenvalue weighted by Crippen LogP contribution is 2.26. The second-order valence-corrected chi connectivity index (χ2v) is 6.99. The number of rotatable bonds is 9. The van der Waals surface area contributed by atoms with Crippen molar-refractivity contribution in [3.05, 3.63) is 28.2 Å². The lowest BCUT2D eigenvalue weighted by atomic mass is 10.1. The first-order valence-corrected chi connectivity index (χ1v) is 8.49. The van der Waals surface area contributed by atoms with Crippen LogP contribution in [0.5, 0.6) is 0 Å². The molecular formula is C17H29BrN2O. The van der Waals surface area contributed by atoms with Gasteiger partial charge in [-0.2, -0.15) is 0 Å². The number of hydrogen-bond donors (Lipinski definition) is 1. The zero-order valence-corrected chi connectivity index (χ0v) is 15.5. The lowest BCUT2D eigenvalue weighted by Crippen LogP contribution is -2.35. The average molecular weight is 357 g/mol. The first kappa shape index (κ1) is 18.5. The molecule has 0 aliphatic heterocycles. The van der Waals surface area contributed by atoms with E-state index >= 15 is 0 Å². The molecule has 0 spiro atoms. The van der Waals surface area contributed by atoms with Gasteiger partial charge < -0.3 is 15.0 Å². The van der Waals surface area contributed by atoms with Crippen LogP contribution >= 0.6 is 15.9 Å². The standard InChI is InChI=1S/C17H29BrN2O/c1-13(2)11-19-12-15-10-16(18)6-7-17(15)20(14(3)4)8-9-21-5/h6-7,10,13-14,19H,8-9,11-12H2,1-5H3. The number of methoxy groups -OCH3 is 1. The third-order valence-corrected chi connectivity index (χ3v) is 3.87. The Balaban J connectivity index is 2.91. The monoisotopic (exact) mass is 356 g/mol. The largest absolute Gasteiger partial charge is 0.383 e. The Bertz CT molecular complexity index is 421. The maximum atomic E-state index is 5.25. The van der Waals surface area contributed by atoms with Crippen molar-refractivity contribution in [1.82, 2.24) is 5.32 Å². The van der Waals surface area contributed by atoms with Crippen LogP contribution in [0.2, 0.25) is 0 Å². The summed E-state index contributed by atoms with van der Waals surface area (Å²) in [6.07, 6.45) is 0. The van der Waals surface area contributed by atoms with Gasteiger partial charge in [0.1, 0.15) is 0 Å². The molecular weight excluding hydrogens is 328 g/mol. The van der Waals surface area contributed by atoms with Crippen LogP contribution in [0, 0.1) is 5.92 Å². The number of hydrogen-bond acceptors (Lipinski definition) is 3. The average Bonchev–Trinajstić information content (AvgIpc) is 2.40. The third-order valence-electron chi connectivity index (χ3n) is 3.38. The Kier molecular flexibility index (Phi) is 8.30. The molecule has 0 saturated heterocycles. The molecule has 0 amide bonds. The lowest BCUT2D eigenvalue weighted by Gasteiger charge is -2.31. The van der Waals surface area contributed by atoms with Crippen LogP contribution < -0.4 is 10.2 Å². The van der Waals surface area contributed by atoms with Crippen LogP contribution in [-0.2, 0) is 11.3 Å². The van der Waals surface area contributed by atoms with Crippen molar-refractivity contribution in [2.45, 2.75) is 40.3 Å². The van der Waals surface area contributed by atoms with E-state index in [-0.39, 0.29) is 0 Å². The molecule has 0 heterocycles. The first-order valence-electron chi connectivity index (χ1n) is 7.70. The van der Waals surface area contributed by atoms with Gasteiger partial charge in [0.15, 0.2) is 0 Å². The molecule has 0 unspecified atom stereocenters. The van der Waals surface area contributed by atoms with Gasteiger partial charge in [0, 0.05) is 36.4 Å². The maximum Gasteiger partial charge on any atom is 0.0637 e. The summed E-state index contributed by atoms with van der Waals surface area (Å²) in [6, 6.07) is 6.98. The molecule has 3 nitrogen and oxygen atoms in total. The summed E-state index contributed by atoms with van der Waals surface area (Å²) < 4.78 is 6.38. The lowest BCUT2D eigenvalue weighted by molar-refractivity contribution is 0.204. The second kappa shape index (κ2) is 9.44. The van der Waals surface area contributed by atoms with Crippen molar-refractivity contribution >= 4 is 21.6 Å². The van der Waals surface area contributed by atoms with Gasteiger partial charge in [-0.1, -0.05) is 29.8 Å². The zero-order valence-electron chi connectivity index (χ0n) is 13.9. The highest BCUT2D eigenvalue weighted by atomic mass is 79.9. The Morgan fingerprint density at radius 3 is 2.52 bits per heavy atom. The van der Waals surface area contributed by atoms with E-state index in [1.165, 1.54) is 11.3 Å². The van der Waals surface area contributed by atoms with Gasteiger partial charge in [0.2, 0.25) is 0 Å². The fraction of sp³-hybridized carbons (Fsp3) is 0.647. The predicted octanol–water partition coefficient (Wildman–Crippen LogP) is 4.06. The second-order valence-electron chi connectivity index (χ2n) is 6.08. The van der Waals surface area contributed by atoms with Crippen molar-refractivity contribution in [2.75, 3.05) is 31.7 Å². The van der Waals surface area contributed by atoms with Gasteiger partial charge in [-0.3, -0.25) is 0 Å². The van der Waals surface area contributed by atoms with Gasteiger partial charge in [-0.15, -0.1) is 0 Å². The van der Waals surface area contributed by atoms with E-state index in [1.807, 2.05) is 0 Å². The minimum atomic E-state index is 0.449. The highest BCUT2D eigenvalue weighted by molar-refractivity contribution is 9.10. The van der Waals surface area contributed by atoms with Crippen LogP contribution in [0.25, 0.3) is 0 Å². The summed E-state index contributed by atoms with van der Waals surface area (Å²) in [5.74, 6) is 0.662. The quantitative estimate of drug-likeness (QED) is 0.721. The molecule has 0 radical (unpaired) electrons. The molecule has 120 valence electrons. The Morgan fingerprint density at radius 2 is 1.95 bits per heavy atom. The van der Waals surface area contributed by atoms with Crippen molar-refractivity contribution < 1.29 is 4.74 Å². The van der Waals surface area contributed by atoms with Crippen LogP contribution in [0.1, 0.15) is 33.3 Å². The van der Waals surface area contributed by atoms with E-state index in [1.54, 1.807) is 7.11 Å². The highest BCUT2D eigenvalue weighted by Gasteiger charge is 2.14. The number of nitrogens with one attached hydrogen (secondary N) is 1. The Labute approximate surface area is 138 Å². The van der Waals surface area contributed by atoms with E-state index < -0.39 is 0 Å². The van der Waals surface area contributed by atoms with Crippen LogP contribution in [0.4, 0.5) is 5.69 Å². The minimum absolute atomic E-state index is 0.449. The molecule has 4 heteroatoms. The molecule has 0 aliphatic rings. The summed E-state index contributed by atoms with van der Waals surface area (Å²) >= 11 is 3.58. The molecule has 0 bridgehead atoms. The van der Waals surface area contributed by atoms with Gasteiger partial charge >= 0.3 is 0 Å². The van der Waals surface area contributed by atoms with Gasteiger partial charge in [0.05, 0.1) is 6.61 Å². The molecule has 0 atom stereocenters. The summed E-state index contributed by atoms with van der Waals surface area (Å²) in [6.45, 7) is 12.5. The zero-order chi connectivity index (χ0) is 15.8. The molecule has 1 aromatic rings. The first-order chi connectivity index (χ1) is 9.95. The Morgan fingerprint density at radius 1 is 1.24 bits per heavy atom. The van der Waals surface area contributed by atoms with Crippen LogP contribution in [0.15, 0.2) is 22.7 Å². The Hall–Kier alpha value is -0.580. The SMILES string of the molecule is COCCN(c1ccc(Br)cc1CNCC(C)C)C(C)C. The van der Waals surface area contributed by atoms with Crippen molar-refractivity contribution in [2.24, 2.45) is 5.92 Å². The van der Waals surface area contributed by atoms with Crippen molar-refractivity contribution in [3.63, 3.8) is 0 Å². The van der Waals surface area contributed by atoms with Gasteiger partial charge in [0.25, 0.3) is 0 Å². The van der Waals surface area contributed by atoms with Crippen molar-refractivity contribution in [1.29, 1.82) is 0 Å². The molecule has 1 aromatic carbocycles. The summed E-state index contributed by atoms with van der Waals surface area (Å²) in [5.41, 5.74) is 2.62. The fourth-order valence-electron chi connectivity index (χ4n) is 2.32. The van der Waals surface area contributed by atoms with E-state index in [2.05, 4.69) is 72.0 Å². The van der Waals surface area contributed by atoms with E-state index in [0.717, 1.165) is 30.7 Å². The smallest absolute Gasteiger partial charge is 0.0637 e. The third kappa shape index (κ3) is 6.37. The van der Waals surface area contributed by atoms with E-state index in [9.17, 15) is 0 Å². The summed E-state index contributed by atoms with van der Waals surface area (Å²) in [5, 5.41) is 3.54. The summed E-state index contributed by atoms with van der Waals surface area (Å²) in [7, 11) is 1.76. The van der Waals surface area contributed by atoms with Crippen LogP contribution in [-0.4, -0.2) is 32.8 Å². The number of halogens is 1. The molecule has 21 heavy (non-hydrogen) atoms. The number of ether oxygens (including phenoxy) is 1. The molecule has 0 saturated carbocycles. The fourth-order valence-corrected chi connectivity index (χ4v) is 2.73. The van der Waals surface area contributed by atoms with Crippen molar-refractivity contribution in [3.8, 4) is 0 Å². The molecule has 0 aromatic heterocycles. The van der Waals surface area contributed by atoms with Gasteiger partial charge in [-0.05, 0) is 50.1 Å². The molecule has 1 N–H and O–H groups in total. The summed E-state index contributed by atoms with van der Waals surface area (Å²) in [4.78, 5) is 2.41. The number of anilines is 1. The topological polar surface area (TPSA) is 24.5 Å². The minimum Gasteiger partial charge on any atom is -0.383 e. The molecule has 0 fully saturated rings. The van der Waals surface area contributed by atoms with E-state index in [4.69, 9.17) is 4.74 Å². The predicted molar refractivity (Wildman–Crippen MR) is 95.0 cm³/mol. The molecule has 1 rings (SSSR count). The maximum absolute atomic E-state index is 5.25. The normalized spacial score (nSPS) is 11.4. The van der Waals surface area contributed by atoms with E-state index in [0.29, 0.717) is 12.0 Å².